The first kappa shape index (κ1) is 19.5. The van der Waals surface area contributed by atoms with Crippen LogP contribution in [0.2, 0.25) is 5.02 Å². The molecule has 2 aliphatic heterocycles. The summed E-state index contributed by atoms with van der Waals surface area (Å²) in [6.45, 7) is 2.03. The van der Waals surface area contributed by atoms with Crippen LogP contribution in [0.3, 0.4) is 0 Å². The number of ether oxygens (including phenoxy) is 1. The third-order valence-corrected chi connectivity index (χ3v) is 6.78. The van der Waals surface area contributed by atoms with Crippen LogP contribution in [0.5, 0.6) is 5.88 Å². The van der Waals surface area contributed by atoms with Crippen LogP contribution in [0, 0.1) is 18.3 Å². The minimum absolute atomic E-state index is 0.0153. The number of carbonyl (C=O) groups excluding carboxylic acids is 1. The number of nitrogens with two attached hydrogens (primary N) is 1. The normalized spacial score (nSPS) is 18.9. The molecule has 1 amide bonds. The van der Waals surface area contributed by atoms with Crippen LogP contribution in [-0.2, 0) is 16.0 Å². The highest BCUT2D eigenvalue weighted by Gasteiger charge is 2.58. The molecular weight excluding hydrogens is 434 g/mol. The highest BCUT2D eigenvalue weighted by atomic mass is 35.5. The Morgan fingerprint density at radius 3 is 2.81 bits per heavy atom. The third-order valence-electron chi connectivity index (χ3n) is 5.50. The average molecular weight is 450 g/mol. The fraction of sp³-hybridized carbons (Fsp3) is 0.136. The summed E-state index contributed by atoms with van der Waals surface area (Å²) in [5, 5.41) is 20.5. The predicted molar refractivity (Wildman–Crippen MR) is 118 cm³/mol. The second kappa shape index (κ2) is 7.08. The van der Waals surface area contributed by atoms with Crippen LogP contribution in [0.25, 0.3) is 0 Å². The van der Waals surface area contributed by atoms with Crippen LogP contribution < -0.4 is 15.8 Å². The summed E-state index contributed by atoms with van der Waals surface area (Å²) in [5.41, 5.74) is 8.05. The van der Waals surface area contributed by atoms with E-state index >= 15 is 0 Å². The van der Waals surface area contributed by atoms with Crippen molar-refractivity contribution < 1.29 is 9.53 Å². The van der Waals surface area contributed by atoms with Gasteiger partial charge < -0.3 is 15.8 Å². The van der Waals surface area contributed by atoms with Gasteiger partial charge in [-0.1, -0.05) is 29.3 Å². The van der Waals surface area contributed by atoms with Crippen LogP contribution in [-0.4, -0.2) is 16.1 Å². The van der Waals surface area contributed by atoms with E-state index in [4.69, 9.17) is 22.1 Å². The lowest BCUT2D eigenvalue weighted by Gasteiger charge is -2.31. The van der Waals surface area contributed by atoms with E-state index in [0.29, 0.717) is 33.3 Å². The van der Waals surface area contributed by atoms with Crippen molar-refractivity contribution in [1.29, 1.82) is 5.26 Å². The molecule has 3 heterocycles. The molecule has 3 aromatic rings. The molecule has 7 nitrogen and oxygen atoms in total. The van der Waals surface area contributed by atoms with E-state index in [-0.39, 0.29) is 17.3 Å². The standard InChI is InChI=1S/C22H16ClN5O2S/c1-11-2-5-13(6-3-11)31-10-17-18-20(28-27-17)30-19(25)15(9-24)22(18)14-8-12(23)4-7-16(14)26-21(22)29/h2-8H,10,25H2,1H3,(H,26,29)(H,27,28). The van der Waals surface area contributed by atoms with Gasteiger partial charge in [0.2, 0.25) is 17.7 Å². The first-order valence-electron chi connectivity index (χ1n) is 9.42. The molecule has 1 unspecified atom stereocenters. The maximum atomic E-state index is 13.5. The monoisotopic (exact) mass is 449 g/mol. The van der Waals surface area contributed by atoms with Crippen molar-refractivity contribution in [3.63, 3.8) is 0 Å². The van der Waals surface area contributed by atoms with Crippen molar-refractivity contribution in [2.45, 2.75) is 23.0 Å². The van der Waals surface area contributed by atoms with E-state index in [0.717, 1.165) is 4.90 Å². The minimum atomic E-state index is -1.48. The SMILES string of the molecule is Cc1ccc(SCc2[nH]nc3c2C2(C(=O)Nc4ccc(Cl)cc42)C(C#N)=C(N)O3)cc1. The van der Waals surface area contributed by atoms with Crippen LogP contribution in [0.15, 0.2) is 58.8 Å². The number of nitrogens with zero attached hydrogens (tertiary/aromatic N) is 2. The van der Waals surface area contributed by atoms with Gasteiger partial charge in [-0.25, -0.2) is 0 Å². The quantitative estimate of drug-likeness (QED) is 0.520. The van der Waals surface area contributed by atoms with E-state index in [9.17, 15) is 10.1 Å². The lowest BCUT2D eigenvalue weighted by molar-refractivity contribution is -0.118. The number of amides is 1. The van der Waals surface area contributed by atoms with Gasteiger partial charge in [-0.15, -0.1) is 16.9 Å². The van der Waals surface area contributed by atoms with Crippen molar-refractivity contribution in [2.24, 2.45) is 5.73 Å². The molecule has 1 aromatic heterocycles. The molecule has 4 N–H and O–H groups in total. The molecule has 154 valence electrons. The Kier molecular flexibility index (Phi) is 4.46. The van der Waals surface area contributed by atoms with E-state index in [1.807, 2.05) is 31.2 Å². The molecule has 9 heteroatoms. The Morgan fingerprint density at radius 2 is 2.06 bits per heavy atom. The number of hydrogen-bond donors (Lipinski definition) is 3. The number of benzene rings is 2. The molecule has 0 aliphatic carbocycles. The zero-order valence-electron chi connectivity index (χ0n) is 16.3. The Morgan fingerprint density at radius 1 is 1.29 bits per heavy atom. The largest absolute Gasteiger partial charge is 0.420 e. The summed E-state index contributed by atoms with van der Waals surface area (Å²) in [4.78, 5) is 14.5. The zero-order chi connectivity index (χ0) is 21.8. The van der Waals surface area contributed by atoms with Crippen molar-refractivity contribution in [3.8, 4) is 11.9 Å². The Balaban J connectivity index is 1.68. The summed E-state index contributed by atoms with van der Waals surface area (Å²) in [6.07, 6.45) is 0. The summed E-state index contributed by atoms with van der Waals surface area (Å²) >= 11 is 7.85. The number of thioether (sulfide) groups is 1. The van der Waals surface area contributed by atoms with Crippen LogP contribution in [0.1, 0.15) is 22.4 Å². The average Bonchev–Trinajstić information content (AvgIpc) is 3.27. The number of anilines is 1. The molecule has 5 rings (SSSR count). The molecule has 0 radical (unpaired) electrons. The van der Waals surface area contributed by atoms with Gasteiger partial charge in [0, 0.05) is 26.9 Å². The van der Waals surface area contributed by atoms with E-state index in [2.05, 4.69) is 21.6 Å². The predicted octanol–water partition coefficient (Wildman–Crippen LogP) is 3.99. The molecule has 0 saturated carbocycles. The lowest BCUT2D eigenvalue weighted by Crippen LogP contribution is -2.42. The zero-order valence-corrected chi connectivity index (χ0v) is 17.9. The third kappa shape index (κ3) is 2.81. The summed E-state index contributed by atoms with van der Waals surface area (Å²) in [7, 11) is 0. The molecule has 1 atom stereocenters. The number of aromatic amines is 1. The van der Waals surface area contributed by atoms with Gasteiger partial charge in [-0.2, -0.15) is 5.26 Å². The van der Waals surface area contributed by atoms with Crippen molar-refractivity contribution in [3.05, 3.63) is 81.3 Å². The van der Waals surface area contributed by atoms with Gasteiger partial charge in [0.1, 0.15) is 17.1 Å². The second-order valence-electron chi connectivity index (χ2n) is 7.33. The summed E-state index contributed by atoms with van der Waals surface area (Å²) in [6, 6.07) is 15.3. The number of nitrogens with one attached hydrogen (secondary N) is 2. The number of nitriles is 1. The first-order chi connectivity index (χ1) is 14.9. The number of carbonyl (C=O) groups is 1. The number of rotatable bonds is 3. The van der Waals surface area contributed by atoms with Gasteiger partial charge in [-0.3, -0.25) is 9.89 Å². The first-order valence-corrected chi connectivity index (χ1v) is 10.8. The van der Waals surface area contributed by atoms with Crippen LogP contribution >= 0.6 is 23.4 Å². The molecule has 2 aliphatic rings. The number of aromatic nitrogens is 2. The lowest BCUT2D eigenvalue weighted by atomic mass is 9.69. The maximum Gasteiger partial charge on any atom is 0.245 e. The number of H-pyrrole nitrogens is 1. The van der Waals surface area contributed by atoms with E-state index in [1.165, 1.54) is 5.56 Å². The topological polar surface area (TPSA) is 117 Å². The molecule has 0 fully saturated rings. The summed E-state index contributed by atoms with van der Waals surface area (Å²) < 4.78 is 5.63. The Hall–Kier alpha value is -3.41. The van der Waals surface area contributed by atoms with Gasteiger partial charge in [0.15, 0.2) is 0 Å². The Labute approximate surface area is 187 Å². The maximum absolute atomic E-state index is 13.5. The molecule has 0 bridgehead atoms. The molecule has 1 spiro atoms. The number of fused-ring (bicyclic) bond motifs is 4. The van der Waals surface area contributed by atoms with Crippen LogP contribution in [0.4, 0.5) is 5.69 Å². The number of aryl methyl sites for hydroxylation is 1. The highest BCUT2D eigenvalue weighted by Crippen LogP contribution is 2.54. The van der Waals surface area contributed by atoms with Gasteiger partial charge in [0.05, 0.1) is 11.3 Å². The fourth-order valence-electron chi connectivity index (χ4n) is 4.09. The molecule has 31 heavy (non-hydrogen) atoms. The molecule has 2 aromatic carbocycles. The Bertz CT molecular complexity index is 1310. The smallest absolute Gasteiger partial charge is 0.245 e. The van der Waals surface area contributed by atoms with E-state index < -0.39 is 11.3 Å². The second-order valence-corrected chi connectivity index (χ2v) is 8.82. The van der Waals surface area contributed by atoms with Gasteiger partial charge in [0.25, 0.3) is 0 Å². The van der Waals surface area contributed by atoms with Crippen molar-refractivity contribution in [2.75, 3.05) is 5.32 Å². The number of hydrogen-bond acceptors (Lipinski definition) is 6. The summed E-state index contributed by atoms with van der Waals surface area (Å²) in [5.74, 6) is 0.121. The molecular formula is C22H16ClN5O2S. The van der Waals surface area contributed by atoms with Crippen molar-refractivity contribution in [1.82, 2.24) is 10.2 Å². The molecule has 0 saturated heterocycles. The number of halogens is 1. The minimum Gasteiger partial charge on any atom is -0.420 e. The fourth-order valence-corrected chi connectivity index (χ4v) is 5.11. The van der Waals surface area contributed by atoms with Crippen molar-refractivity contribution >= 4 is 35.0 Å². The van der Waals surface area contributed by atoms with Gasteiger partial charge in [-0.05, 0) is 37.3 Å². The van der Waals surface area contributed by atoms with Gasteiger partial charge >= 0.3 is 0 Å². The van der Waals surface area contributed by atoms with E-state index in [1.54, 1.807) is 30.0 Å². The highest BCUT2D eigenvalue weighted by molar-refractivity contribution is 7.98.